The van der Waals surface area contributed by atoms with Crippen LogP contribution < -0.4 is 0 Å². The zero-order valence-corrected chi connectivity index (χ0v) is 26.4. The molecular weight excluding hydrogens is 613 g/mol. The summed E-state index contributed by atoms with van der Waals surface area (Å²) in [5, 5.41) is 10.1. The zero-order valence-electron chi connectivity index (χ0n) is 24.8. The van der Waals surface area contributed by atoms with Crippen molar-refractivity contribution in [1.29, 1.82) is 0 Å². The monoisotopic (exact) mass is 634 g/mol. The van der Waals surface area contributed by atoms with Crippen LogP contribution in [-0.4, -0.2) is 19.5 Å². The fraction of sp³-hybridized carbons (Fsp3) is 0. The van der Waals surface area contributed by atoms with Gasteiger partial charge < -0.3 is 0 Å². The molecule has 0 saturated heterocycles. The van der Waals surface area contributed by atoms with E-state index in [1.165, 1.54) is 61.9 Å². The summed E-state index contributed by atoms with van der Waals surface area (Å²) in [6.07, 6.45) is 0. The first kappa shape index (κ1) is 25.5. The molecule has 11 rings (SSSR count). The number of thiophene rings is 2. The van der Waals surface area contributed by atoms with E-state index in [1.807, 2.05) is 59.1 Å². The number of nitrogens with zero attached hydrogens (tertiary/aromatic N) is 4. The Bertz CT molecular complexity index is 2950. The first-order chi connectivity index (χ1) is 23.3. The molecule has 0 aliphatic carbocycles. The second-order valence-corrected chi connectivity index (χ2v) is 14.2. The van der Waals surface area contributed by atoms with Crippen LogP contribution in [0.2, 0.25) is 0 Å². The van der Waals surface area contributed by atoms with Gasteiger partial charge in [-0.25, -0.2) is 4.98 Å². The van der Waals surface area contributed by atoms with Gasteiger partial charge in [-0.1, -0.05) is 109 Å². The van der Waals surface area contributed by atoms with Crippen molar-refractivity contribution in [2.75, 3.05) is 0 Å². The molecule has 6 heteroatoms. The van der Waals surface area contributed by atoms with E-state index in [0.717, 1.165) is 22.2 Å². The van der Waals surface area contributed by atoms with Crippen molar-refractivity contribution >= 4 is 95.6 Å². The molecule has 7 aromatic carbocycles. The standard InChI is InChI=1S/C41H22N4S2/c1-3-11-23(12-4-1)39-42-40(24-13-5-2-6-14-24)44-41(43-39)45-29-22-33-35(26-15-7-9-17-30(26)47-33)28-20-19-25-21-32-37(38(45)34(25)36(28)29)27-16-8-10-18-31(27)46-32/h1-22H. The number of benzene rings is 7. The number of rotatable bonds is 3. The molecule has 0 bridgehead atoms. The minimum atomic E-state index is 0.625. The molecule has 4 aromatic heterocycles. The minimum Gasteiger partial charge on any atom is -0.277 e. The number of hydrogen-bond acceptors (Lipinski definition) is 5. The molecule has 0 amide bonds. The Morgan fingerprint density at radius 1 is 0.426 bits per heavy atom. The molecule has 0 N–H and O–H groups in total. The van der Waals surface area contributed by atoms with Crippen molar-refractivity contribution in [3.63, 3.8) is 0 Å². The lowest BCUT2D eigenvalue weighted by molar-refractivity contribution is 0.956. The van der Waals surface area contributed by atoms with E-state index < -0.39 is 0 Å². The van der Waals surface area contributed by atoms with Gasteiger partial charge >= 0.3 is 0 Å². The average Bonchev–Trinajstić information content (AvgIpc) is 3.80. The normalized spacial score (nSPS) is 12.3. The Balaban J connectivity index is 1.38. The third-order valence-electron chi connectivity index (χ3n) is 9.39. The molecule has 218 valence electrons. The van der Waals surface area contributed by atoms with Crippen molar-refractivity contribution in [2.24, 2.45) is 0 Å². The van der Waals surface area contributed by atoms with E-state index in [-0.39, 0.29) is 0 Å². The highest BCUT2D eigenvalue weighted by Gasteiger charge is 2.26. The van der Waals surface area contributed by atoms with E-state index in [2.05, 4.69) is 102 Å². The van der Waals surface area contributed by atoms with Crippen LogP contribution in [0.15, 0.2) is 133 Å². The molecule has 0 unspecified atom stereocenters. The summed E-state index contributed by atoms with van der Waals surface area (Å²) in [5.74, 6) is 1.94. The largest absolute Gasteiger partial charge is 0.277 e. The predicted octanol–water partition coefficient (Wildman–Crippen LogP) is 11.6. The summed E-state index contributed by atoms with van der Waals surface area (Å²) in [4.78, 5) is 15.6. The number of aromatic nitrogens is 4. The summed E-state index contributed by atoms with van der Waals surface area (Å²) in [6.45, 7) is 0. The molecule has 0 saturated carbocycles. The van der Waals surface area contributed by atoms with Crippen LogP contribution in [0.1, 0.15) is 0 Å². The van der Waals surface area contributed by atoms with Crippen LogP contribution in [0, 0.1) is 0 Å². The first-order valence-electron chi connectivity index (χ1n) is 15.6. The molecule has 0 spiro atoms. The van der Waals surface area contributed by atoms with Crippen molar-refractivity contribution in [3.8, 4) is 28.7 Å². The van der Waals surface area contributed by atoms with Crippen LogP contribution in [0.25, 0.3) is 102 Å². The topological polar surface area (TPSA) is 43.6 Å². The fourth-order valence-corrected chi connectivity index (χ4v) is 9.73. The summed E-state index contributed by atoms with van der Waals surface area (Å²) >= 11 is 3.70. The van der Waals surface area contributed by atoms with Gasteiger partial charge in [0, 0.05) is 62.2 Å². The third-order valence-corrected chi connectivity index (χ3v) is 11.6. The lowest BCUT2D eigenvalue weighted by Crippen LogP contribution is -2.06. The second-order valence-electron chi connectivity index (χ2n) is 12.0. The quantitative estimate of drug-likeness (QED) is 0.182. The minimum absolute atomic E-state index is 0.625. The Labute approximate surface area is 276 Å². The van der Waals surface area contributed by atoms with Gasteiger partial charge in [0.05, 0.1) is 11.0 Å². The van der Waals surface area contributed by atoms with Gasteiger partial charge in [0.1, 0.15) is 0 Å². The molecule has 0 atom stereocenters. The Morgan fingerprint density at radius 2 is 1.00 bits per heavy atom. The van der Waals surface area contributed by atoms with Crippen LogP contribution in [0.3, 0.4) is 0 Å². The summed E-state index contributed by atoms with van der Waals surface area (Å²) in [5.41, 5.74) is 4.19. The molecule has 0 fully saturated rings. The van der Waals surface area contributed by atoms with Crippen LogP contribution >= 0.6 is 22.7 Å². The van der Waals surface area contributed by atoms with E-state index >= 15 is 0 Å². The van der Waals surface area contributed by atoms with Gasteiger partial charge in [0.2, 0.25) is 5.95 Å². The zero-order chi connectivity index (χ0) is 30.6. The van der Waals surface area contributed by atoms with Gasteiger partial charge in [0.25, 0.3) is 0 Å². The van der Waals surface area contributed by atoms with Gasteiger partial charge in [-0.05, 0) is 35.0 Å². The van der Waals surface area contributed by atoms with E-state index in [0.29, 0.717) is 17.6 Å². The molecule has 4 nitrogen and oxygen atoms in total. The molecule has 47 heavy (non-hydrogen) atoms. The summed E-state index contributed by atoms with van der Waals surface area (Å²) in [6, 6.07) is 47.4. The predicted molar refractivity (Wildman–Crippen MR) is 200 cm³/mol. The Kier molecular flexibility index (Phi) is 5.11. The SMILES string of the molecule is c1ccc(-c2nc(-c3ccccc3)nc(-n3c4cc5sc6ccccc6c5c5ccc6cc7sc8ccccc8c7c3c6c54)n2)cc1. The summed E-state index contributed by atoms with van der Waals surface area (Å²) < 4.78 is 7.43. The molecule has 4 heterocycles. The van der Waals surface area contributed by atoms with Crippen LogP contribution in [0.4, 0.5) is 0 Å². The average molecular weight is 635 g/mol. The van der Waals surface area contributed by atoms with E-state index in [9.17, 15) is 0 Å². The van der Waals surface area contributed by atoms with E-state index in [4.69, 9.17) is 15.0 Å². The smallest absolute Gasteiger partial charge is 0.238 e. The van der Waals surface area contributed by atoms with Gasteiger partial charge in [-0.15, -0.1) is 22.7 Å². The van der Waals surface area contributed by atoms with E-state index in [1.54, 1.807) is 0 Å². The highest BCUT2D eigenvalue weighted by atomic mass is 32.1. The Hall–Kier alpha value is -5.69. The molecule has 0 aliphatic heterocycles. The van der Waals surface area contributed by atoms with Crippen LogP contribution in [-0.2, 0) is 0 Å². The number of hydrogen-bond donors (Lipinski definition) is 0. The molecular formula is C41H22N4S2. The lowest BCUT2D eigenvalue weighted by atomic mass is 9.97. The van der Waals surface area contributed by atoms with Gasteiger partial charge in [-0.3, -0.25) is 4.57 Å². The van der Waals surface area contributed by atoms with Crippen molar-refractivity contribution in [3.05, 3.63) is 133 Å². The highest BCUT2D eigenvalue weighted by molar-refractivity contribution is 7.26. The fourth-order valence-electron chi connectivity index (χ4n) is 7.41. The highest BCUT2D eigenvalue weighted by Crippen LogP contribution is 2.50. The first-order valence-corrected chi connectivity index (χ1v) is 17.3. The molecule has 11 aromatic rings. The molecule has 0 radical (unpaired) electrons. The van der Waals surface area contributed by atoms with Crippen molar-refractivity contribution in [2.45, 2.75) is 0 Å². The Morgan fingerprint density at radius 3 is 1.66 bits per heavy atom. The third kappa shape index (κ3) is 3.54. The number of fused-ring (bicyclic) bond motifs is 8. The maximum absolute atomic E-state index is 5.27. The summed E-state index contributed by atoms with van der Waals surface area (Å²) in [7, 11) is 0. The lowest BCUT2D eigenvalue weighted by Gasteiger charge is -2.11. The van der Waals surface area contributed by atoms with Gasteiger partial charge in [0.15, 0.2) is 11.6 Å². The van der Waals surface area contributed by atoms with Gasteiger partial charge in [-0.2, -0.15) is 9.97 Å². The maximum atomic E-state index is 5.27. The van der Waals surface area contributed by atoms with Crippen molar-refractivity contribution in [1.82, 2.24) is 19.5 Å². The van der Waals surface area contributed by atoms with Crippen molar-refractivity contribution < 1.29 is 0 Å². The van der Waals surface area contributed by atoms with Crippen LogP contribution in [0.5, 0.6) is 0 Å². The second kappa shape index (κ2) is 9.42. The molecule has 0 aliphatic rings. The maximum Gasteiger partial charge on any atom is 0.238 e.